The summed E-state index contributed by atoms with van der Waals surface area (Å²) >= 11 is 0. The van der Waals surface area contributed by atoms with Gasteiger partial charge in [0.05, 0.1) is 6.07 Å². The maximum absolute atomic E-state index is 11.5. The Labute approximate surface area is 115 Å². The number of carbonyl (C=O) groups excluding carboxylic acids is 1. The van der Waals surface area contributed by atoms with Crippen molar-refractivity contribution in [2.75, 3.05) is 13.4 Å². The van der Waals surface area contributed by atoms with Crippen LogP contribution in [0.2, 0.25) is 25.7 Å². The number of hydrogen-bond acceptors (Lipinski definition) is 5. The van der Waals surface area contributed by atoms with E-state index in [0.717, 1.165) is 12.5 Å². The van der Waals surface area contributed by atoms with Crippen molar-refractivity contribution in [2.24, 2.45) is 0 Å². The molecule has 5 nitrogen and oxygen atoms in total. The quantitative estimate of drug-likeness (QED) is 0.301. The lowest BCUT2D eigenvalue weighted by Gasteiger charge is -2.14. The summed E-state index contributed by atoms with van der Waals surface area (Å²) in [4.78, 5) is 11.5. The maximum atomic E-state index is 11.5. The molecule has 0 saturated heterocycles. The van der Waals surface area contributed by atoms with Crippen molar-refractivity contribution in [1.29, 1.82) is 0 Å². The van der Waals surface area contributed by atoms with E-state index in [1.165, 1.54) is 6.07 Å². The highest BCUT2D eigenvalue weighted by molar-refractivity contribution is 6.76. The molecule has 0 fully saturated rings. The van der Waals surface area contributed by atoms with Crippen molar-refractivity contribution in [3.05, 3.63) is 11.8 Å². The Balaban J connectivity index is 2.25. The molecule has 1 aromatic rings. The standard InChI is InChI=1S/C13H23NO4Si/c1-5-6-11(15)12-9-13(14-18-12)17-10-16-7-8-19(2,3)4/h9H,5-8,10H2,1-4H3. The van der Waals surface area contributed by atoms with E-state index in [-0.39, 0.29) is 18.3 Å². The largest absolute Gasteiger partial charge is 0.448 e. The fourth-order valence-electron chi connectivity index (χ4n) is 1.35. The summed E-state index contributed by atoms with van der Waals surface area (Å²) in [5, 5.41) is 3.68. The van der Waals surface area contributed by atoms with Gasteiger partial charge in [0, 0.05) is 21.1 Å². The van der Waals surface area contributed by atoms with Crippen LogP contribution in [0.15, 0.2) is 10.6 Å². The number of aromatic nitrogens is 1. The first-order chi connectivity index (χ1) is 8.92. The Morgan fingerprint density at radius 2 is 2.16 bits per heavy atom. The highest BCUT2D eigenvalue weighted by atomic mass is 28.3. The predicted octanol–water partition coefficient (Wildman–Crippen LogP) is 3.35. The molecule has 6 heteroatoms. The number of carbonyl (C=O) groups is 1. The van der Waals surface area contributed by atoms with E-state index >= 15 is 0 Å². The van der Waals surface area contributed by atoms with Gasteiger partial charge in [0.15, 0.2) is 6.79 Å². The van der Waals surface area contributed by atoms with Gasteiger partial charge in [0.1, 0.15) is 0 Å². The molecule has 0 aliphatic rings. The summed E-state index contributed by atoms with van der Waals surface area (Å²) in [5.74, 6) is 0.496. The first-order valence-electron chi connectivity index (χ1n) is 6.63. The van der Waals surface area contributed by atoms with Gasteiger partial charge in [-0.1, -0.05) is 26.6 Å². The van der Waals surface area contributed by atoms with Crippen molar-refractivity contribution in [3.8, 4) is 5.88 Å². The third-order valence-corrected chi connectivity index (χ3v) is 4.23. The van der Waals surface area contributed by atoms with Crippen LogP contribution in [-0.2, 0) is 4.74 Å². The van der Waals surface area contributed by atoms with E-state index in [4.69, 9.17) is 14.0 Å². The highest BCUT2D eigenvalue weighted by Gasteiger charge is 2.14. The normalized spacial score (nSPS) is 11.6. The van der Waals surface area contributed by atoms with Gasteiger partial charge < -0.3 is 14.0 Å². The second-order valence-corrected chi connectivity index (χ2v) is 11.3. The van der Waals surface area contributed by atoms with Gasteiger partial charge in [-0.25, -0.2) is 0 Å². The minimum Gasteiger partial charge on any atom is -0.448 e. The Bertz CT molecular complexity index is 398. The molecule has 0 unspecified atom stereocenters. The fraction of sp³-hybridized carbons (Fsp3) is 0.692. The molecule has 1 heterocycles. The van der Waals surface area contributed by atoms with Crippen molar-refractivity contribution >= 4 is 13.9 Å². The molecule has 0 amide bonds. The van der Waals surface area contributed by atoms with Crippen LogP contribution in [0.4, 0.5) is 0 Å². The zero-order chi connectivity index (χ0) is 14.3. The zero-order valence-electron chi connectivity index (χ0n) is 12.2. The van der Waals surface area contributed by atoms with Crippen molar-refractivity contribution < 1.29 is 18.8 Å². The number of Topliss-reactive ketones (excluding diaryl/α,β-unsaturated/α-hetero) is 1. The van der Waals surface area contributed by atoms with Gasteiger partial charge >= 0.3 is 0 Å². The van der Waals surface area contributed by atoms with E-state index < -0.39 is 8.07 Å². The summed E-state index contributed by atoms with van der Waals surface area (Å²) in [6.07, 6.45) is 1.25. The van der Waals surface area contributed by atoms with E-state index in [9.17, 15) is 4.79 Å². The SMILES string of the molecule is CCCC(=O)c1cc(OCOCC[Si](C)(C)C)no1. The second-order valence-electron chi connectivity index (χ2n) is 5.68. The fourth-order valence-corrected chi connectivity index (χ4v) is 2.10. The topological polar surface area (TPSA) is 61.6 Å². The molecule has 0 saturated carbocycles. The Morgan fingerprint density at radius 3 is 2.79 bits per heavy atom. The molecule has 19 heavy (non-hydrogen) atoms. The molecule has 0 N–H and O–H groups in total. The van der Waals surface area contributed by atoms with Crippen LogP contribution < -0.4 is 4.74 Å². The first kappa shape index (κ1) is 15.9. The number of hydrogen-bond donors (Lipinski definition) is 0. The Morgan fingerprint density at radius 1 is 1.42 bits per heavy atom. The lowest BCUT2D eigenvalue weighted by atomic mass is 10.2. The summed E-state index contributed by atoms with van der Waals surface area (Å²) in [6, 6.07) is 2.61. The van der Waals surface area contributed by atoms with E-state index in [1.54, 1.807) is 0 Å². The van der Waals surface area contributed by atoms with Crippen LogP contribution in [-0.4, -0.2) is 32.4 Å². The van der Waals surface area contributed by atoms with Crippen LogP contribution in [0.1, 0.15) is 30.3 Å². The predicted molar refractivity (Wildman–Crippen MR) is 75.3 cm³/mol. The van der Waals surface area contributed by atoms with Gasteiger partial charge in [-0.15, -0.1) is 0 Å². The average Bonchev–Trinajstić information content (AvgIpc) is 2.76. The molecule has 1 aromatic heterocycles. The molecule has 0 atom stereocenters. The monoisotopic (exact) mass is 285 g/mol. The van der Waals surface area contributed by atoms with Crippen LogP contribution >= 0.6 is 0 Å². The number of rotatable bonds is 9. The van der Waals surface area contributed by atoms with Gasteiger partial charge in [-0.05, 0) is 17.6 Å². The lowest BCUT2D eigenvalue weighted by molar-refractivity contribution is 0.0174. The zero-order valence-corrected chi connectivity index (χ0v) is 13.2. The molecule has 0 aliphatic heterocycles. The molecule has 0 aromatic carbocycles. The van der Waals surface area contributed by atoms with E-state index in [0.29, 0.717) is 18.9 Å². The molecule has 0 radical (unpaired) electrons. The molecule has 0 spiro atoms. The molecule has 0 aliphatic carbocycles. The lowest BCUT2D eigenvalue weighted by Crippen LogP contribution is -2.22. The summed E-state index contributed by atoms with van der Waals surface area (Å²) in [6.45, 7) is 9.65. The van der Waals surface area contributed by atoms with Crippen molar-refractivity contribution in [2.45, 2.75) is 45.5 Å². The van der Waals surface area contributed by atoms with Crippen molar-refractivity contribution in [3.63, 3.8) is 0 Å². The van der Waals surface area contributed by atoms with E-state index in [2.05, 4.69) is 24.8 Å². The highest BCUT2D eigenvalue weighted by Crippen LogP contribution is 2.14. The third-order valence-electron chi connectivity index (χ3n) is 2.53. The molecular formula is C13H23NO4Si. The number of ether oxygens (including phenoxy) is 2. The summed E-state index contributed by atoms with van der Waals surface area (Å²) < 4.78 is 15.6. The van der Waals surface area contributed by atoms with Gasteiger partial charge in [0.2, 0.25) is 11.5 Å². The smallest absolute Gasteiger partial charge is 0.256 e. The molecule has 1 rings (SSSR count). The van der Waals surface area contributed by atoms with Crippen LogP contribution in [0, 0.1) is 0 Å². The van der Waals surface area contributed by atoms with Crippen LogP contribution in [0.5, 0.6) is 5.88 Å². The number of nitrogens with zero attached hydrogens (tertiary/aromatic N) is 1. The minimum atomic E-state index is -1.07. The Hall–Kier alpha value is -1.14. The first-order valence-corrected chi connectivity index (χ1v) is 10.3. The van der Waals surface area contributed by atoms with Gasteiger partial charge in [0.25, 0.3) is 5.88 Å². The maximum Gasteiger partial charge on any atom is 0.256 e. The Kier molecular flexibility index (Phi) is 6.24. The van der Waals surface area contributed by atoms with Gasteiger partial charge in [-0.2, -0.15) is 0 Å². The summed E-state index contributed by atoms with van der Waals surface area (Å²) in [5.41, 5.74) is 0. The van der Waals surface area contributed by atoms with Crippen LogP contribution in [0.3, 0.4) is 0 Å². The third kappa shape index (κ3) is 6.54. The van der Waals surface area contributed by atoms with Gasteiger partial charge in [-0.3, -0.25) is 4.79 Å². The minimum absolute atomic E-state index is 0.0514. The van der Waals surface area contributed by atoms with Crippen LogP contribution in [0.25, 0.3) is 0 Å². The molecule has 0 bridgehead atoms. The summed E-state index contributed by atoms with van der Waals surface area (Å²) in [7, 11) is -1.07. The van der Waals surface area contributed by atoms with E-state index in [1.807, 2.05) is 6.92 Å². The average molecular weight is 285 g/mol. The second kappa shape index (κ2) is 7.45. The van der Waals surface area contributed by atoms with Crippen molar-refractivity contribution in [1.82, 2.24) is 5.16 Å². The molecular weight excluding hydrogens is 262 g/mol. The molecule has 108 valence electrons. The number of ketones is 1.